The predicted molar refractivity (Wildman–Crippen MR) is 24.6 cm³/mol. The molecule has 0 aromatic carbocycles. The molecule has 33 valence electrons. The van der Waals surface area contributed by atoms with Crippen LogP contribution in [-0.2, 0) is 5.11 Å². The Morgan fingerprint density at radius 3 is 2.33 bits per heavy atom. The maximum atomic E-state index is 10.0. The van der Waals surface area contributed by atoms with Crippen molar-refractivity contribution < 1.29 is 5.11 Å². The summed E-state index contributed by atoms with van der Waals surface area (Å²) in [5.41, 5.74) is 0. The minimum Gasteiger partial charge on any atom is -0.290 e. The molecular weight excluding hydrogens is 76.1 g/mol. The zero-order valence-electron chi connectivity index (χ0n) is 3.77. The summed E-state index contributed by atoms with van der Waals surface area (Å²) in [5.74, 6) is -0.0185. The van der Waals surface area contributed by atoms with E-state index in [4.69, 9.17) is 0 Å². The molecule has 0 aliphatic carbocycles. The van der Waals surface area contributed by atoms with Crippen molar-refractivity contribution in [3.8, 4) is 0 Å². The lowest BCUT2D eigenvalue weighted by molar-refractivity contribution is 0.315. The highest BCUT2D eigenvalue weighted by Crippen LogP contribution is 1.84. The smallest absolute Gasteiger partial charge is 0.173 e. The van der Waals surface area contributed by atoms with E-state index in [1.54, 1.807) is 6.92 Å². The summed E-state index contributed by atoms with van der Waals surface area (Å²) in [4.78, 5) is 0. The van der Waals surface area contributed by atoms with Gasteiger partial charge in [-0.15, -0.1) is 0 Å². The van der Waals surface area contributed by atoms with Crippen LogP contribution < -0.4 is 0 Å². The third kappa shape index (κ3) is 1.58. The van der Waals surface area contributed by atoms with Gasteiger partial charge >= 0.3 is 0 Å². The second kappa shape index (κ2) is 2.51. The third-order valence-electron chi connectivity index (χ3n) is 0.486. The van der Waals surface area contributed by atoms with E-state index < -0.39 is 0 Å². The largest absolute Gasteiger partial charge is 0.290 e. The first-order chi connectivity index (χ1) is 2.81. The van der Waals surface area contributed by atoms with E-state index in [0.717, 1.165) is 0 Å². The van der Waals surface area contributed by atoms with Gasteiger partial charge in [-0.05, 0) is 19.1 Å². The van der Waals surface area contributed by atoms with Gasteiger partial charge in [-0.3, -0.25) is 5.11 Å². The molecule has 0 N–H and O–H groups in total. The highest BCUT2D eigenvalue weighted by Gasteiger charge is 1.75. The van der Waals surface area contributed by atoms with Crippen LogP contribution >= 0.6 is 0 Å². The van der Waals surface area contributed by atoms with Gasteiger partial charge in [-0.25, -0.2) is 0 Å². The van der Waals surface area contributed by atoms with Gasteiger partial charge in [0.2, 0.25) is 0 Å². The average molecular weight is 83.1 g/mol. The summed E-state index contributed by atoms with van der Waals surface area (Å²) >= 11 is 0. The highest BCUT2D eigenvalue weighted by atomic mass is 16.3. The number of allylic oxidation sites excluding steroid dienone is 2. The lowest BCUT2D eigenvalue weighted by atomic mass is 10.5. The molecule has 0 aromatic heterocycles. The van der Waals surface area contributed by atoms with E-state index in [1.165, 1.54) is 12.2 Å². The molecule has 0 unspecified atom stereocenters. The van der Waals surface area contributed by atoms with Crippen molar-refractivity contribution in [2.24, 2.45) is 0 Å². The number of hydrogen-bond acceptors (Lipinski definition) is 0. The first kappa shape index (κ1) is 5.28. The van der Waals surface area contributed by atoms with Gasteiger partial charge in [0.05, 0.1) is 0 Å². The molecule has 0 saturated carbocycles. The Morgan fingerprint density at radius 2 is 2.33 bits per heavy atom. The Kier molecular flexibility index (Phi) is 2.21. The topological polar surface area (TPSA) is 19.9 Å². The number of rotatable bonds is 1. The van der Waals surface area contributed by atoms with Crippen molar-refractivity contribution in [3.05, 3.63) is 24.5 Å². The minimum absolute atomic E-state index is 0.0185. The lowest BCUT2D eigenvalue weighted by Crippen LogP contribution is -1.61. The molecule has 0 spiro atoms. The van der Waals surface area contributed by atoms with Crippen LogP contribution in [0.5, 0.6) is 0 Å². The molecule has 1 radical (unpaired) electrons. The molecule has 0 fully saturated rings. The normalized spacial score (nSPS) is 11.2. The zero-order chi connectivity index (χ0) is 4.99. The van der Waals surface area contributed by atoms with Crippen molar-refractivity contribution >= 4 is 0 Å². The maximum absolute atomic E-state index is 10.0. The van der Waals surface area contributed by atoms with Crippen LogP contribution in [0.2, 0.25) is 0 Å². The van der Waals surface area contributed by atoms with Crippen molar-refractivity contribution in [3.63, 3.8) is 0 Å². The van der Waals surface area contributed by atoms with Crippen molar-refractivity contribution in [2.45, 2.75) is 6.92 Å². The van der Waals surface area contributed by atoms with Crippen molar-refractivity contribution in [1.29, 1.82) is 0 Å². The van der Waals surface area contributed by atoms with Crippen LogP contribution in [0.4, 0.5) is 0 Å². The van der Waals surface area contributed by atoms with Gasteiger partial charge in [0.1, 0.15) is 0 Å². The summed E-state index contributed by atoms with van der Waals surface area (Å²) in [5, 5.41) is 10.0. The minimum atomic E-state index is -0.0185. The van der Waals surface area contributed by atoms with Gasteiger partial charge in [0.25, 0.3) is 0 Å². The lowest BCUT2D eigenvalue weighted by Gasteiger charge is -1.71. The Morgan fingerprint density at radius 1 is 1.83 bits per heavy atom. The third-order valence-corrected chi connectivity index (χ3v) is 0.486. The van der Waals surface area contributed by atoms with Crippen LogP contribution in [0.1, 0.15) is 6.92 Å². The summed E-state index contributed by atoms with van der Waals surface area (Å²) < 4.78 is 0. The fourth-order valence-electron chi connectivity index (χ4n) is 0.118. The van der Waals surface area contributed by atoms with E-state index in [9.17, 15) is 5.11 Å². The summed E-state index contributed by atoms with van der Waals surface area (Å²) in [7, 11) is 0. The molecule has 0 aliphatic rings. The highest BCUT2D eigenvalue weighted by molar-refractivity contribution is 5.03. The van der Waals surface area contributed by atoms with E-state index in [2.05, 4.69) is 6.58 Å². The first-order valence-corrected chi connectivity index (χ1v) is 1.77. The number of hydrogen-bond donors (Lipinski definition) is 0. The predicted octanol–water partition coefficient (Wildman–Crippen LogP) is 1.51. The Balaban J connectivity index is 3.50. The van der Waals surface area contributed by atoms with E-state index in [1.807, 2.05) is 0 Å². The van der Waals surface area contributed by atoms with Gasteiger partial charge < -0.3 is 0 Å². The van der Waals surface area contributed by atoms with Gasteiger partial charge in [-0.2, -0.15) is 0 Å². The fraction of sp³-hybridized carbons (Fsp3) is 0.200. The molecule has 0 atom stereocenters. The molecule has 0 heterocycles. The van der Waals surface area contributed by atoms with Crippen LogP contribution in [0, 0.1) is 0 Å². The van der Waals surface area contributed by atoms with Crippen LogP contribution in [0.15, 0.2) is 24.5 Å². The second-order valence-corrected chi connectivity index (χ2v) is 0.895. The summed E-state index contributed by atoms with van der Waals surface area (Å²) in [6, 6.07) is 0. The Hall–Kier alpha value is -0.720. The Labute approximate surface area is 37.6 Å². The molecule has 0 aliphatic heterocycles. The maximum Gasteiger partial charge on any atom is 0.173 e. The second-order valence-electron chi connectivity index (χ2n) is 0.895. The van der Waals surface area contributed by atoms with E-state index in [-0.39, 0.29) is 5.76 Å². The average Bonchev–Trinajstić information content (AvgIpc) is 1.65. The monoisotopic (exact) mass is 83.0 g/mol. The molecule has 1 nitrogen and oxygen atoms in total. The van der Waals surface area contributed by atoms with Gasteiger partial charge in [0.15, 0.2) is 5.76 Å². The molecule has 0 aromatic rings. The first-order valence-electron chi connectivity index (χ1n) is 1.77. The molecule has 0 rings (SSSR count). The molecule has 6 heavy (non-hydrogen) atoms. The van der Waals surface area contributed by atoms with Crippen molar-refractivity contribution in [1.82, 2.24) is 0 Å². The molecule has 0 saturated heterocycles. The fourth-order valence-corrected chi connectivity index (χ4v) is 0.118. The standard InChI is InChI=1S/C5H7O/c1-3-5(6)4-2/h3-4H,1H2,2H3. The molecule has 0 bridgehead atoms. The van der Waals surface area contributed by atoms with Gasteiger partial charge in [-0.1, -0.05) is 6.58 Å². The van der Waals surface area contributed by atoms with E-state index in [0.29, 0.717) is 0 Å². The van der Waals surface area contributed by atoms with Crippen molar-refractivity contribution in [2.75, 3.05) is 0 Å². The SMILES string of the molecule is C=CC([O])=CC. The quantitative estimate of drug-likeness (QED) is 0.338. The van der Waals surface area contributed by atoms with Crippen LogP contribution in [0.25, 0.3) is 0 Å². The summed E-state index contributed by atoms with van der Waals surface area (Å²) in [6.07, 6.45) is 2.74. The molecular formula is C5H7O. The molecule has 1 heteroatoms. The Bertz CT molecular complexity index is 72.0. The zero-order valence-corrected chi connectivity index (χ0v) is 3.77. The summed E-state index contributed by atoms with van der Waals surface area (Å²) in [6.45, 7) is 4.94. The van der Waals surface area contributed by atoms with Gasteiger partial charge in [0, 0.05) is 0 Å². The molecule has 0 amide bonds. The van der Waals surface area contributed by atoms with Crippen LogP contribution in [0.3, 0.4) is 0 Å². The van der Waals surface area contributed by atoms with Crippen LogP contribution in [-0.4, -0.2) is 0 Å². The van der Waals surface area contributed by atoms with E-state index >= 15 is 0 Å².